The molecule has 0 saturated heterocycles. The normalized spacial score (nSPS) is 24.5. The van der Waals surface area contributed by atoms with Gasteiger partial charge >= 0.3 is 0 Å². The van der Waals surface area contributed by atoms with E-state index in [9.17, 15) is 8.42 Å². The van der Waals surface area contributed by atoms with Gasteiger partial charge in [0.15, 0.2) is 9.84 Å². The summed E-state index contributed by atoms with van der Waals surface area (Å²) in [6.07, 6.45) is 3.50. The lowest BCUT2D eigenvalue weighted by molar-refractivity contribution is 0.455. The zero-order valence-electron chi connectivity index (χ0n) is 8.41. The smallest absolute Gasteiger partial charge is 0.157 e. The Hall–Kier alpha value is -0.0900. The zero-order chi connectivity index (χ0) is 10.1. The van der Waals surface area contributed by atoms with Crippen LogP contribution in [0.5, 0.6) is 0 Å². The van der Waals surface area contributed by atoms with Crippen LogP contribution in [0.15, 0.2) is 0 Å². The summed E-state index contributed by atoms with van der Waals surface area (Å²) in [5.74, 6) is 0.217. The summed E-state index contributed by atoms with van der Waals surface area (Å²) in [5.41, 5.74) is 5.82. The third-order valence-electron chi connectivity index (χ3n) is 3.28. The first-order valence-corrected chi connectivity index (χ1v) is 6.59. The maximum absolute atomic E-state index is 11.9. The van der Waals surface area contributed by atoms with Crippen molar-refractivity contribution >= 4 is 9.84 Å². The fourth-order valence-corrected chi connectivity index (χ4v) is 4.36. The van der Waals surface area contributed by atoms with Crippen LogP contribution in [0, 0.1) is 0 Å². The molecule has 2 N–H and O–H groups in total. The second-order valence-corrected chi connectivity index (χ2v) is 6.58. The van der Waals surface area contributed by atoms with E-state index in [1.807, 2.05) is 6.92 Å². The van der Waals surface area contributed by atoms with Gasteiger partial charge in [-0.15, -0.1) is 0 Å². The van der Waals surface area contributed by atoms with Gasteiger partial charge in [-0.3, -0.25) is 0 Å². The van der Waals surface area contributed by atoms with Crippen LogP contribution in [0.25, 0.3) is 0 Å². The lowest BCUT2D eigenvalue weighted by Crippen LogP contribution is -2.50. The molecule has 1 rings (SSSR count). The number of hydrogen-bond donors (Lipinski definition) is 1. The third-order valence-corrected chi connectivity index (χ3v) is 6.06. The van der Waals surface area contributed by atoms with Crippen LogP contribution >= 0.6 is 0 Å². The molecule has 0 bridgehead atoms. The van der Waals surface area contributed by atoms with Crippen molar-refractivity contribution in [2.45, 2.75) is 50.3 Å². The summed E-state index contributed by atoms with van der Waals surface area (Å²) in [6.45, 7) is 3.52. The SMILES string of the molecule is CCS(=O)(=O)C1(C(C)N)CCCC1. The molecule has 4 heteroatoms. The molecule has 0 heterocycles. The summed E-state index contributed by atoms with van der Waals surface area (Å²) in [4.78, 5) is 0. The third kappa shape index (κ3) is 1.62. The van der Waals surface area contributed by atoms with E-state index in [-0.39, 0.29) is 11.8 Å². The van der Waals surface area contributed by atoms with Gasteiger partial charge < -0.3 is 5.73 Å². The van der Waals surface area contributed by atoms with Crippen molar-refractivity contribution in [1.29, 1.82) is 0 Å². The predicted octanol–water partition coefficient (Wildman–Crippen LogP) is 1.08. The summed E-state index contributed by atoms with van der Waals surface area (Å²) in [6, 6.07) is -0.236. The molecule has 0 aromatic rings. The van der Waals surface area contributed by atoms with E-state index in [1.54, 1.807) is 6.92 Å². The van der Waals surface area contributed by atoms with E-state index >= 15 is 0 Å². The zero-order valence-corrected chi connectivity index (χ0v) is 9.23. The van der Waals surface area contributed by atoms with E-state index in [1.165, 1.54) is 0 Å². The van der Waals surface area contributed by atoms with Gasteiger partial charge in [0, 0.05) is 11.8 Å². The number of hydrogen-bond acceptors (Lipinski definition) is 3. The van der Waals surface area contributed by atoms with E-state index in [4.69, 9.17) is 5.73 Å². The summed E-state index contributed by atoms with van der Waals surface area (Å²) >= 11 is 0. The molecule has 0 radical (unpaired) electrons. The molecule has 13 heavy (non-hydrogen) atoms. The van der Waals surface area contributed by atoms with Gasteiger partial charge in [0.1, 0.15) is 0 Å². The lowest BCUT2D eigenvalue weighted by atomic mass is 9.99. The fourth-order valence-electron chi connectivity index (χ4n) is 2.31. The Balaban J connectivity index is 3.05. The molecule has 1 fully saturated rings. The van der Waals surface area contributed by atoms with Crippen LogP contribution in [0.2, 0.25) is 0 Å². The molecule has 1 unspecified atom stereocenters. The highest BCUT2D eigenvalue weighted by atomic mass is 32.2. The highest BCUT2D eigenvalue weighted by Gasteiger charge is 2.47. The molecule has 78 valence electrons. The summed E-state index contributed by atoms with van der Waals surface area (Å²) < 4.78 is 23.2. The molecule has 1 aliphatic carbocycles. The van der Waals surface area contributed by atoms with Gasteiger partial charge in [-0.1, -0.05) is 19.8 Å². The van der Waals surface area contributed by atoms with Crippen LogP contribution in [0.4, 0.5) is 0 Å². The van der Waals surface area contributed by atoms with Crippen LogP contribution in [-0.4, -0.2) is 25.0 Å². The highest BCUT2D eigenvalue weighted by molar-refractivity contribution is 7.92. The summed E-state index contributed by atoms with van der Waals surface area (Å²) in [5, 5.41) is 0. The van der Waals surface area contributed by atoms with Gasteiger partial charge in [-0.2, -0.15) is 0 Å². The quantitative estimate of drug-likeness (QED) is 0.750. The maximum atomic E-state index is 11.9. The molecule has 0 spiro atoms. The van der Waals surface area contributed by atoms with Crippen molar-refractivity contribution < 1.29 is 8.42 Å². The standard InChI is InChI=1S/C9H19NO2S/c1-3-13(11,12)9(8(2)10)6-4-5-7-9/h8H,3-7,10H2,1-2H3. The van der Waals surface area contributed by atoms with Gasteiger partial charge in [-0.25, -0.2) is 8.42 Å². The van der Waals surface area contributed by atoms with Crippen molar-refractivity contribution in [2.75, 3.05) is 5.75 Å². The molecule has 1 aliphatic rings. The Bertz CT molecular complexity index is 263. The van der Waals surface area contributed by atoms with Crippen LogP contribution in [0.3, 0.4) is 0 Å². The predicted molar refractivity (Wildman–Crippen MR) is 54.3 cm³/mol. The lowest BCUT2D eigenvalue weighted by Gasteiger charge is -2.32. The van der Waals surface area contributed by atoms with Gasteiger partial charge in [0.25, 0.3) is 0 Å². The van der Waals surface area contributed by atoms with E-state index in [0.717, 1.165) is 25.7 Å². The Labute approximate surface area is 80.6 Å². The molecule has 0 aromatic heterocycles. The molecular weight excluding hydrogens is 186 g/mol. The first-order chi connectivity index (χ1) is 5.96. The van der Waals surface area contributed by atoms with Crippen molar-refractivity contribution in [1.82, 2.24) is 0 Å². The van der Waals surface area contributed by atoms with Crippen LogP contribution in [0.1, 0.15) is 39.5 Å². The molecule has 0 aliphatic heterocycles. The minimum atomic E-state index is -2.98. The Kier molecular flexibility index (Phi) is 3.02. The van der Waals surface area contributed by atoms with Crippen molar-refractivity contribution in [2.24, 2.45) is 5.73 Å². The molecule has 0 aromatic carbocycles. The Morgan fingerprint density at radius 3 is 2.15 bits per heavy atom. The van der Waals surface area contributed by atoms with Crippen molar-refractivity contribution in [3.63, 3.8) is 0 Å². The van der Waals surface area contributed by atoms with Crippen LogP contribution < -0.4 is 5.73 Å². The minimum absolute atomic E-state index is 0.217. The van der Waals surface area contributed by atoms with Gasteiger partial charge in [0.05, 0.1) is 4.75 Å². The van der Waals surface area contributed by atoms with E-state index in [2.05, 4.69) is 0 Å². The fraction of sp³-hybridized carbons (Fsp3) is 1.00. The second kappa shape index (κ2) is 3.58. The van der Waals surface area contributed by atoms with Gasteiger partial charge in [-0.05, 0) is 19.8 Å². The first kappa shape index (κ1) is 11.0. The summed E-state index contributed by atoms with van der Waals surface area (Å²) in [7, 11) is -2.98. The van der Waals surface area contributed by atoms with Crippen molar-refractivity contribution in [3.8, 4) is 0 Å². The molecule has 1 saturated carbocycles. The number of rotatable bonds is 3. The van der Waals surface area contributed by atoms with Crippen molar-refractivity contribution in [3.05, 3.63) is 0 Å². The van der Waals surface area contributed by atoms with Crippen LogP contribution in [-0.2, 0) is 9.84 Å². The maximum Gasteiger partial charge on any atom is 0.157 e. The molecule has 3 nitrogen and oxygen atoms in total. The largest absolute Gasteiger partial charge is 0.327 e. The Morgan fingerprint density at radius 2 is 1.85 bits per heavy atom. The monoisotopic (exact) mass is 205 g/mol. The topological polar surface area (TPSA) is 60.2 Å². The molecule has 1 atom stereocenters. The second-order valence-electron chi connectivity index (χ2n) is 3.96. The average Bonchev–Trinajstić information content (AvgIpc) is 2.53. The molecule has 0 amide bonds. The van der Waals surface area contributed by atoms with Gasteiger partial charge in [0.2, 0.25) is 0 Å². The number of sulfone groups is 1. The van der Waals surface area contributed by atoms with E-state index < -0.39 is 14.6 Å². The van der Waals surface area contributed by atoms with E-state index in [0.29, 0.717) is 0 Å². The average molecular weight is 205 g/mol. The minimum Gasteiger partial charge on any atom is -0.327 e. The Morgan fingerprint density at radius 1 is 1.38 bits per heavy atom. The highest BCUT2D eigenvalue weighted by Crippen LogP contribution is 2.39. The molecular formula is C9H19NO2S. The first-order valence-electron chi connectivity index (χ1n) is 4.94. The number of nitrogens with two attached hydrogens (primary N) is 1.